The van der Waals surface area contributed by atoms with Gasteiger partial charge in [-0.1, -0.05) is 41.9 Å². The van der Waals surface area contributed by atoms with Gasteiger partial charge in [-0.25, -0.2) is 0 Å². The zero-order chi connectivity index (χ0) is 17.3. The van der Waals surface area contributed by atoms with E-state index in [2.05, 4.69) is 4.98 Å². The molecule has 0 aliphatic rings. The molecule has 1 amide bonds. The van der Waals surface area contributed by atoms with Crippen molar-refractivity contribution in [3.05, 3.63) is 75.0 Å². The van der Waals surface area contributed by atoms with Crippen molar-refractivity contribution in [3.8, 4) is 5.75 Å². The fourth-order valence-corrected chi connectivity index (χ4v) is 2.74. The second-order valence-corrected chi connectivity index (χ2v) is 5.95. The van der Waals surface area contributed by atoms with Gasteiger partial charge in [-0.15, -0.1) is 0 Å². The van der Waals surface area contributed by atoms with Gasteiger partial charge in [0.25, 0.3) is 11.5 Å². The highest BCUT2D eigenvalue weighted by Crippen LogP contribution is 2.27. The highest BCUT2D eigenvalue weighted by molar-refractivity contribution is 6.31. The Morgan fingerprint density at radius 3 is 2.62 bits per heavy atom. The van der Waals surface area contributed by atoms with Crippen LogP contribution in [0.15, 0.2) is 53.3 Å². The largest absolute Gasteiger partial charge is 0.506 e. The minimum atomic E-state index is -0.646. The molecule has 0 saturated carbocycles. The van der Waals surface area contributed by atoms with Gasteiger partial charge < -0.3 is 15.0 Å². The van der Waals surface area contributed by atoms with Crippen LogP contribution < -0.4 is 5.56 Å². The van der Waals surface area contributed by atoms with Gasteiger partial charge in [0.2, 0.25) is 0 Å². The predicted octanol–water partition coefficient (Wildman–Crippen LogP) is 3.16. The van der Waals surface area contributed by atoms with Crippen LogP contribution in [0.25, 0.3) is 10.9 Å². The summed E-state index contributed by atoms with van der Waals surface area (Å²) in [5.74, 6) is -0.884. The molecule has 1 aromatic heterocycles. The molecule has 24 heavy (non-hydrogen) atoms. The van der Waals surface area contributed by atoms with Gasteiger partial charge in [-0.2, -0.15) is 0 Å². The number of fused-ring (bicyclic) bond motifs is 1. The lowest BCUT2D eigenvalue weighted by Gasteiger charge is -2.18. The number of hydrogen-bond donors (Lipinski definition) is 2. The lowest BCUT2D eigenvalue weighted by molar-refractivity contribution is 0.0780. The highest BCUT2D eigenvalue weighted by atomic mass is 35.5. The van der Waals surface area contributed by atoms with E-state index in [1.165, 1.54) is 11.0 Å². The molecular formula is C18H15ClN2O3. The first kappa shape index (κ1) is 16.1. The van der Waals surface area contributed by atoms with Gasteiger partial charge in [0.05, 0.1) is 5.52 Å². The van der Waals surface area contributed by atoms with Gasteiger partial charge in [-0.3, -0.25) is 9.59 Å². The third kappa shape index (κ3) is 2.98. The summed E-state index contributed by atoms with van der Waals surface area (Å²) < 4.78 is 0. The molecule has 2 aromatic carbocycles. The van der Waals surface area contributed by atoms with Crippen molar-refractivity contribution in [2.45, 2.75) is 6.54 Å². The molecule has 0 atom stereocenters. The number of carbonyl (C=O) groups is 1. The van der Waals surface area contributed by atoms with Crippen molar-refractivity contribution in [2.24, 2.45) is 0 Å². The molecule has 2 N–H and O–H groups in total. The van der Waals surface area contributed by atoms with Crippen molar-refractivity contribution in [2.75, 3.05) is 7.05 Å². The van der Waals surface area contributed by atoms with Crippen LogP contribution >= 0.6 is 11.6 Å². The number of nitrogens with one attached hydrogen (secondary N) is 1. The molecule has 6 heteroatoms. The summed E-state index contributed by atoms with van der Waals surface area (Å²) in [5, 5.41) is 11.2. The number of pyridine rings is 1. The first-order valence-corrected chi connectivity index (χ1v) is 7.69. The molecule has 3 rings (SSSR count). The minimum Gasteiger partial charge on any atom is -0.506 e. The number of amides is 1. The number of aromatic hydroxyl groups is 1. The fraction of sp³-hybridized carbons (Fsp3) is 0.111. The Morgan fingerprint density at radius 2 is 1.92 bits per heavy atom. The van der Waals surface area contributed by atoms with Gasteiger partial charge in [0, 0.05) is 24.0 Å². The van der Waals surface area contributed by atoms with E-state index in [9.17, 15) is 14.7 Å². The average molecular weight is 343 g/mol. The normalized spacial score (nSPS) is 10.8. The van der Waals surface area contributed by atoms with Crippen molar-refractivity contribution < 1.29 is 9.90 Å². The Morgan fingerprint density at radius 1 is 1.21 bits per heavy atom. The topological polar surface area (TPSA) is 73.4 Å². The van der Waals surface area contributed by atoms with Crippen LogP contribution in [0.2, 0.25) is 5.02 Å². The van der Waals surface area contributed by atoms with Crippen LogP contribution in [-0.2, 0) is 6.54 Å². The molecule has 0 bridgehead atoms. The Bertz CT molecular complexity index is 967. The molecule has 0 unspecified atom stereocenters. The average Bonchev–Trinajstić information content (AvgIpc) is 2.55. The summed E-state index contributed by atoms with van der Waals surface area (Å²) in [5.41, 5.74) is 0.388. The molecule has 0 saturated heterocycles. The molecule has 122 valence electrons. The standard InChI is InChI=1S/C18H15ClN2O3/c1-21(10-11-5-3-2-4-6-11)18(24)15-16(22)13-8-7-12(19)9-14(13)20-17(15)23/h2-9H,10H2,1H3,(H2,20,22,23). The van der Waals surface area contributed by atoms with Crippen LogP contribution in [0.1, 0.15) is 15.9 Å². The van der Waals surface area contributed by atoms with E-state index in [-0.39, 0.29) is 11.3 Å². The summed E-state index contributed by atoms with van der Waals surface area (Å²) >= 11 is 5.89. The third-order valence-corrected chi connectivity index (χ3v) is 4.01. The van der Waals surface area contributed by atoms with Gasteiger partial charge in [0.15, 0.2) is 0 Å². The molecule has 0 radical (unpaired) electrons. The number of aromatic amines is 1. The number of H-pyrrole nitrogens is 1. The first-order valence-electron chi connectivity index (χ1n) is 7.31. The lowest BCUT2D eigenvalue weighted by Crippen LogP contribution is -2.31. The minimum absolute atomic E-state index is 0.275. The zero-order valence-electron chi connectivity index (χ0n) is 12.9. The summed E-state index contributed by atoms with van der Waals surface area (Å²) in [6, 6.07) is 14.1. The maximum Gasteiger partial charge on any atom is 0.265 e. The van der Waals surface area contributed by atoms with E-state index >= 15 is 0 Å². The number of benzene rings is 2. The van der Waals surface area contributed by atoms with Crippen LogP contribution in [0.3, 0.4) is 0 Å². The second kappa shape index (κ2) is 6.37. The molecular weight excluding hydrogens is 328 g/mol. The Hall–Kier alpha value is -2.79. The Kier molecular flexibility index (Phi) is 4.27. The molecule has 1 heterocycles. The van der Waals surface area contributed by atoms with Gasteiger partial charge >= 0.3 is 0 Å². The molecule has 0 aliphatic heterocycles. The summed E-state index contributed by atoms with van der Waals surface area (Å²) in [4.78, 5) is 28.9. The van der Waals surface area contributed by atoms with Crippen molar-refractivity contribution >= 4 is 28.4 Å². The number of rotatable bonds is 3. The zero-order valence-corrected chi connectivity index (χ0v) is 13.7. The van der Waals surface area contributed by atoms with E-state index in [1.54, 1.807) is 19.2 Å². The summed E-state index contributed by atoms with van der Waals surface area (Å²) in [6.07, 6.45) is 0. The summed E-state index contributed by atoms with van der Waals surface area (Å²) in [6.45, 7) is 0.331. The van der Waals surface area contributed by atoms with Crippen molar-refractivity contribution in [1.82, 2.24) is 9.88 Å². The Labute approximate surface area is 143 Å². The van der Waals surface area contributed by atoms with E-state index in [0.717, 1.165) is 5.56 Å². The highest BCUT2D eigenvalue weighted by Gasteiger charge is 2.22. The van der Waals surface area contributed by atoms with E-state index in [4.69, 9.17) is 11.6 Å². The van der Waals surface area contributed by atoms with Crippen molar-refractivity contribution in [3.63, 3.8) is 0 Å². The first-order chi connectivity index (χ1) is 11.5. The maximum absolute atomic E-state index is 12.6. The molecule has 3 aromatic rings. The van der Waals surface area contributed by atoms with E-state index < -0.39 is 11.5 Å². The maximum atomic E-state index is 12.6. The third-order valence-electron chi connectivity index (χ3n) is 3.77. The fourth-order valence-electron chi connectivity index (χ4n) is 2.57. The smallest absolute Gasteiger partial charge is 0.265 e. The molecule has 0 spiro atoms. The number of halogens is 1. The number of carbonyl (C=O) groups excluding carboxylic acids is 1. The van der Waals surface area contributed by atoms with E-state index in [0.29, 0.717) is 22.5 Å². The van der Waals surface area contributed by atoms with Crippen LogP contribution in [0, 0.1) is 0 Å². The molecule has 5 nitrogen and oxygen atoms in total. The number of aromatic nitrogens is 1. The monoisotopic (exact) mass is 342 g/mol. The molecule has 0 aliphatic carbocycles. The number of nitrogens with zero attached hydrogens (tertiary/aromatic N) is 1. The Balaban J connectivity index is 2.00. The van der Waals surface area contributed by atoms with Crippen molar-refractivity contribution in [1.29, 1.82) is 0 Å². The summed E-state index contributed by atoms with van der Waals surface area (Å²) in [7, 11) is 1.58. The molecule has 0 fully saturated rings. The SMILES string of the molecule is CN(Cc1ccccc1)C(=O)c1c(O)c2ccc(Cl)cc2[nH]c1=O. The lowest BCUT2D eigenvalue weighted by atomic mass is 10.1. The van der Waals surface area contributed by atoms with Gasteiger partial charge in [-0.05, 0) is 23.8 Å². The van der Waals surface area contributed by atoms with E-state index in [1.807, 2.05) is 30.3 Å². The second-order valence-electron chi connectivity index (χ2n) is 5.51. The van der Waals surface area contributed by atoms with Gasteiger partial charge in [0.1, 0.15) is 11.3 Å². The number of hydrogen-bond acceptors (Lipinski definition) is 3. The predicted molar refractivity (Wildman–Crippen MR) is 93.5 cm³/mol. The van der Waals surface area contributed by atoms with Crippen LogP contribution in [-0.4, -0.2) is 27.9 Å². The quantitative estimate of drug-likeness (QED) is 0.768. The van der Waals surface area contributed by atoms with Crippen LogP contribution in [0.5, 0.6) is 5.75 Å². The van der Waals surface area contributed by atoms with Crippen LogP contribution in [0.4, 0.5) is 0 Å².